The third-order valence-corrected chi connectivity index (χ3v) is 5.98. The van der Waals surface area contributed by atoms with Crippen LogP contribution in [0, 0.1) is 5.92 Å². The van der Waals surface area contributed by atoms with Gasteiger partial charge in [0.1, 0.15) is 11.4 Å². The predicted molar refractivity (Wildman–Crippen MR) is 155 cm³/mol. The molecule has 206 valence electrons. The molecule has 2 aromatic carbocycles. The topological polar surface area (TPSA) is 75.1 Å². The molecule has 0 saturated carbocycles. The van der Waals surface area contributed by atoms with Crippen molar-refractivity contribution in [1.29, 1.82) is 0 Å². The van der Waals surface area contributed by atoms with E-state index in [0.29, 0.717) is 23.3 Å². The van der Waals surface area contributed by atoms with E-state index in [1.807, 2.05) is 56.3 Å². The first kappa shape index (κ1) is 31.2. The van der Waals surface area contributed by atoms with Gasteiger partial charge in [0.15, 0.2) is 5.13 Å². The number of pyridine rings is 1. The summed E-state index contributed by atoms with van der Waals surface area (Å²) in [6.07, 6.45) is 0.167. The zero-order chi connectivity index (χ0) is 29.2. The Balaban J connectivity index is 0.000000815. The fraction of sp³-hybridized carbons (Fsp3) is 0.233. The third kappa shape index (κ3) is 8.78. The molecule has 0 spiro atoms. The lowest BCUT2D eigenvalue weighted by atomic mass is 10.0. The summed E-state index contributed by atoms with van der Waals surface area (Å²) in [5.41, 5.74) is -0.0298. The maximum absolute atomic E-state index is 13.0. The fourth-order valence-corrected chi connectivity index (χ4v) is 4.66. The highest BCUT2D eigenvalue weighted by molar-refractivity contribution is 7.16. The van der Waals surface area contributed by atoms with Gasteiger partial charge in [0.05, 0.1) is 11.3 Å². The van der Waals surface area contributed by atoms with Gasteiger partial charge in [-0.05, 0) is 49.1 Å². The first-order chi connectivity index (χ1) is 18.4. The number of rotatable bonds is 6. The molecular formula is C30H32F3N3O2S. The van der Waals surface area contributed by atoms with E-state index in [1.54, 1.807) is 12.2 Å². The Hall–Kier alpha value is -3.98. The molecule has 0 radical (unpaired) electrons. The monoisotopic (exact) mass is 555 g/mol. The molecule has 0 fully saturated rings. The molecule has 39 heavy (non-hydrogen) atoms. The van der Waals surface area contributed by atoms with Gasteiger partial charge in [-0.1, -0.05) is 62.4 Å². The number of hydrogen-bond acceptors (Lipinski definition) is 5. The van der Waals surface area contributed by atoms with Crippen LogP contribution >= 0.6 is 11.3 Å². The minimum atomic E-state index is -4.69. The zero-order valence-electron chi connectivity index (χ0n) is 22.3. The van der Waals surface area contributed by atoms with Crippen LogP contribution in [-0.4, -0.2) is 21.0 Å². The maximum atomic E-state index is 13.0. The largest absolute Gasteiger partial charge is 0.478 e. The molecule has 0 aliphatic carbocycles. The van der Waals surface area contributed by atoms with E-state index in [4.69, 9.17) is 0 Å². The molecule has 0 bridgehead atoms. The quantitative estimate of drug-likeness (QED) is 0.232. The predicted octanol–water partition coefficient (Wildman–Crippen LogP) is 9.40. The van der Waals surface area contributed by atoms with Gasteiger partial charge in [0.25, 0.3) is 0 Å². The first-order valence-corrected chi connectivity index (χ1v) is 13.0. The minimum Gasteiger partial charge on any atom is -0.478 e. The van der Waals surface area contributed by atoms with Crippen LogP contribution in [0.3, 0.4) is 0 Å². The number of carboxylic acid groups (broad SMARTS) is 1. The lowest BCUT2D eigenvalue weighted by Crippen LogP contribution is -2.11. The van der Waals surface area contributed by atoms with E-state index >= 15 is 0 Å². The van der Waals surface area contributed by atoms with Crippen LogP contribution in [0.4, 0.5) is 24.1 Å². The number of nitrogens with zero attached hydrogens (tertiary/aromatic N) is 2. The van der Waals surface area contributed by atoms with Crippen LogP contribution in [0.15, 0.2) is 80.0 Å². The molecule has 0 saturated heterocycles. The number of anilines is 2. The van der Waals surface area contributed by atoms with Gasteiger partial charge in [0, 0.05) is 16.6 Å². The van der Waals surface area contributed by atoms with Gasteiger partial charge >= 0.3 is 12.1 Å². The number of carbonyl (C=O) groups is 1. The van der Waals surface area contributed by atoms with Gasteiger partial charge in [-0.15, -0.1) is 24.5 Å². The van der Waals surface area contributed by atoms with Crippen molar-refractivity contribution in [1.82, 2.24) is 9.97 Å². The van der Waals surface area contributed by atoms with E-state index in [9.17, 15) is 23.1 Å². The maximum Gasteiger partial charge on any atom is 0.417 e. The summed E-state index contributed by atoms with van der Waals surface area (Å²) >= 11 is 1.34. The standard InChI is InChI=1S/C24H20F3N3O2S.2C3H6/c1-13(2)9-19-20(16-8-7-14-5-3-4-6-15(14)10-16)29-23(33-19)30-21-18(22(31)32)11-17(12-28-21)24(25,26)27;2*1-3-2/h3-8,10-13H,9H2,1-2H3,(H,31,32)(H,28,29,30);2*3H,1H2,2H3. The molecule has 0 aliphatic rings. The summed E-state index contributed by atoms with van der Waals surface area (Å²) in [5, 5.41) is 14.8. The van der Waals surface area contributed by atoms with Crippen LogP contribution in [0.1, 0.15) is 48.5 Å². The third-order valence-electron chi connectivity index (χ3n) is 4.98. The Kier molecular flexibility index (Phi) is 11.4. The molecule has 9 heteroatoms. The summed E-state index contributed by atoms with van der Waals surface area (Å²) in [6, 6.07) is 14.6. The molecule has 5 nitrogen and oxygen atoms in total. The normalized spacial score (nSPS) is 10.7. The molecule has 2 aromatic heterocycles. The van der Waals surface area contributed by atoms with Crippen LogP contribution < -0.4 is 5.32 Å². The molecule has 0 amide bonds. The summed E-state index contributed by atoms with van der Waals surface area (Å²) in [6.45, 7) is 14.7. The number of aromatic carboxylic acids is 1. The summed E-state index contributed by atoms with van der Waals surface area (Å²) in [4.78, 5) is 21.0. The highest BCUT2D eigenvalue weighted by Gasteiger charge is 2.32. The second-order valence-corrected chi connectivity index (χ2v) is 9.90. The highest BCUT2D eigenvalue weighted by Crippen LogP contribution is 2.37. The average Bonchev–Trinajstić information content (AvgIpc) is 3.25. The Morgan fingerprint density at radius 3 is 2.26 bits per heavy atom. The number of nitrogens with one attached hydrogen (secondary N) is 1. The zero-order valence-corrected chi connectivity index (χ0v) is 23.2. The number of allylic oxidation sites excluding steroid dienone is 2. The van der Waals surface area contributed by atoms with Crippen molar-refractivity contribution in [2.45, 2.75) is 40.3 Å². The number of aromatic nitrogens is 2. The van der Waals surface area contributed by atoms with Crippen LogP contribution in [0.2, 0.25) is 0 Å². The summed E-state index contributed by atoms with van der Waals surface area (Å²) in [7, 11) is 0. The molecule has 0 aliphatic heterocycles. The van der Waals surface area contributed by atoms with Crippen molar-refractivity contribution < 1.29 is 23.1 Å². The molecule has 4 rings (SSSR count). The number of hydrogen-bond donors (Lipinski definition) is 2. The number of halogens is 3. The van der Waals surface area contributed by atoms with Crippen LogP contribution in [0.25, 0.3) is 22.0 Å². The SMILES string of the molecule is C=CC.C=CC.CC(C)Cc1sc(Nc2ncc(C(F)(F)F)cc2C(=O)O)nc1-c1ccc2ccccc2c1. The van der Waals surface area contributed by atoms with Crippen molar-refractivity contribution in [3.8, 4) is 11.3 Å². The van der Waals surface area contributed by atoms with Crippen molar-refractivity contribution in [2.24, 2.45) is 5.92 Å². The average molecular weight is 556 g/mol. The van der Waals surface area contributed by atoms with Crippen LogP contribution in [-0.2, 0) is 12.6 Å². The van der Waals surface area contributed by atoms with E-state index in [-0.39, 0.29) is 5.82 Å². The van der Waals surface area contributed by atoms with E-state index in [2.05, 4.69) is 42.3 Å². The first-order valence-electron chi connectivity index (χ1n) is 12.2. The van der Waals surface area contributed by atoms with E-state index in [1.165, 1.54) is 11.3 Å². The Morgan fingerprint density at radius 2 is 1.69 bits per heavy atom. The summed E-state index contributed by atoms with van der Waals surface area (Å²) in [5.74, 6) is -1.36. The molecule has 0 atom stereocenters. The van der Waals surface area contributed by atoms with E-state index < -0.39 is 23.3 Å². The Morgan fingerprint density at radius 1 is 1.08 bits per heavy atom. The van der Waals surface area contributed by atoms with Gasteiger partial charge in [-0.3, -0.25) is 0 Å². The lowest BCUT2D eigenvalue weighted by Gasteiger charge is -2.10. The number of thiazole rings is 1. The lowest BCUT2D eigenvalue weighted by molar-refractivity contribution is -0.137. The molecule has 0 unspecified atom stereocenters. The number of benzene rings is 2. The van der Waals surface area contributed by atoms with Gasteiger partial charge in [-0.2, -0.15) is 13.2 Å². The van der Waals surface area contributed by atoms with Gasteiger partial charge < -0.3 is 10.4 Å². The minimum absolute atomic E-state index is 0.189. The Labute approximate surface area is 230 Å². The smallest absolute Gasteiger partial charge is 0.417 e. The number of carboxylic acids is 1. The van der Waals surface area contributed by atoms with Crippen molar-refractivity contribution in [2.75, 3.05) is 5.32 Å². The van der Waals surface area contributed by atoms with Gasteiger partial charge in [0.2, 0.25) is 0 Å². The molecule has 4 aromatic rings. The highest BCUT2D eigenvalue weighted by atomic mass is 32.1. The van der Waals surface area contributed by atoms with E-state index in [0.717, 1.165) is 33.3 Å². The fourth-order valence-electron chi connectivity index (χ4n) is 3.46. The number of alkyl halides is 3. The molecular weight excluding hydrogens is 523 g/mol. The second kappa shape index (κ2) is 14.2. The molecule has 2 heterocycles. The second-order valence-electron chi connectivity index (χ2n) is 8.82. The van der Waals surface area contributed by atoms with Gasteiger partial charge in [-0.25, -0.2) is 14.8 Å². The summed E-state index contributed by atoms with van der Waals surface area (Å²) < 4.78 is 39.0. The van der Waals surface area contributed by atoms with Crippen molar-refractivity contribution >= 4 is 39.0 Å². The van der Waals surface area contributed by atoms with Crippen molar-refractivity contribution in [3.05, 3.63) is 96.0 Å². The van der Waals surface area contributed by atoms with Crippen molar-refractivity contribution in [3.63, 3.8) is 0 Å². The Bertz CT molecular complexity index is 1420. The van der Waals surface area contributed by atoms with Crippen LogP contribution in [0.5, 0.6) is 0 Å². The number of fused-ring (bicyclic) bond motifs is 1. The molecule has 2 N–H and O–H groups in total.